The summed E-state index contributed by atoms with van der Waals surface area (Å²) in [6.07, 6.45) is 1.10. The van der Waals surface area contributed by atoms with Gasteiger partial charge in [-0.1, -0.05) is 44.2 Å². The zero-order valence-corrected chi connectivity index (χ0v) is 12.9. The lowest BCUT2D eigenvalue weighted by Gasteiger charge is -2.29. The number of rotatable bonds is 5. The largest absolute Gasteiger partial charge is 0.338 e. The number of likely N-dealkylation sites (N-methyl/N-ethyl adjacent to an activating group) is 1. The van der Waals surface area contributed by atoms with Crippen molar-refractivity contribution < 1.29 is 4.79 Å². The zero-order valence-electron chi connectivity index (χ0n) is 12.9. The normalized spacial score (nSPS) is 19.5. The van der Waals surface area contributed by atoms with Crippen LogP contribution in [-0.2, 0) is 11.3 Å². The van der Waals surface area contributed by atoms with E-state index in [9.17, 15) is 4.79 Å². The summed E-state index contributed by atoms with van der Waals surface area (Å²) in [4.78, 5) is 16.8. The summed E-state index contributed by atoms with van der Waals surface area (Å²) in [5.41, 5.74) is 1.35. The van der Waals surface area contributed by atoms with Gasteiger partial charge in [0, 0.05) is 38.1 Å². The fourth-order valence-corrected chi connectivity index (χ4v) is 2.98. The van der Waals surface area contributed by atoms with Crippen molar-refractivity contribution in [3.05, 3.63) is 35.9 Å². The summed E-state index contributed by atoms with van der Waals surface area (Å²) in [5.74, 6) is 0.386. The maximum Gasteiger partial charge on any atom is 0.225 e. The molecule has 1 unspecified atom stereocenters. The minimum absolute atomic E-state index is 0.0955. The molecule has 0 aromatic heterocycles. The van der Waals surface area contributed by atoms with Gasteiger partial charge in [-0.05, 0) is 18.9 Å². The van der Waals surface area contributed by atoms with E-state index in [0.29, 0.717) is 11.9 Å². The Morgan fingerprint density at radius 3 is 2.65 bits per heavy atom. The summed E-state index contributed by atoms with van der Waals surface area (Å²) >= 11 is 0. The van der Waals surface area contributed by atoms with Crippen molar-refractivity contribution >= 4 is 5.91 Å². The fourth-order valence-electron chi connectivity index (χ4n) is 2.98. The number of nitrogens with zero attached hydrogens (tertiary/aromatic N) is 2. The van der Waals surface area contributed by atoms with E-state index in [1.165, 1.54) is 5.56 Å². The van der Waals surface area contributed by atoms with Gasteiger partial charge < -0.3 is 4.90 Å². The number of carbonyl (C=O) groups is 1. The second kappa shape index (κ2) is 6.89. The lowest BCUT2D eigenvalue weighted by Crippen LogP contribution is -2.43. The van der Waals surface area contributed by atoms with Gasteiger partial charge in [-0.15, -0.1) is 0 Å². The van der Waals surface area contributed by atoms with E-state index in [2.05, 4.69) is 47.1 Å². The minimum Gasteiger partial charge on any atom is -0.338 e. The highest BCUT2D eigenvalue weighted by Gasteiger charge is 2.30. The molecule has 1 fully saturated rings. The van der Waals surface area contributed by atoms with Crippen molar-refractivity contribution in [3.8, 4) is 0 Å². The number of carbonyl (C=O) groups excluding carboxylic acids is 1. The average Bonchev–Trinajstić information content (AvgIpc) is 2.89. The van der Waals surface area contributed by atoms with E-state index in [4.69, 9.17) is 0 Å². The van der Waals surface area contributed by atoms with Gasteiger partial charge in [-0.3, -0.25) is 9.69 Å². The third-order valence-electron chi connectivity index (χ3n) is 4.05. The van der Waals surface area contributed by atoms with Gasteiger partial charge in [0.25, 0.3) is 0 Å². The number of amides is 1. The minimum atomic E-state index is 0.0955. The average molecular weight is 274 g/mol. The fraction of sp³-hybridized carbons (Fsp3) is 0.588. The van der Waals surface area contributed by atoms with Crippen LogP contribution in [0.25, 0.3) is 0 Å². The third-order valence-corrected chi connectivity index (χ3v) is 4.05. The van der Waals surface area contributed by atoms with Gasteiger partial charge >= 0.3 is 0 Å². The van der Waals surface area contributed by atoms with Gasteiger partial charge in [-0.2, -0.15) is 0 Å². The Balaban J connectivity index is 1.92. The van der Waals surface area contributed by atoms with Crippen LogP contribution in [0.5, 0.6) is 0 Å². The SMILES string of the molecule is CCN(C(=O)C(C)C)C1CCN(Cc2ccccc2)C1. The first-order chi connectivity index (χ1) is 9.61. The molecule has 1 heterocycles. The van der Waals surface area contributed by atoms with Crippen LogP contribution in [0.4, 0.5) is 0 Å². The molecule has 0 aliphatic carbocycles. The smallest absolute Gasteiger partial charge is 0.225 e. The Labute approximate surface area is 122 Å². The first-order valence-corrected chi connectivity index (χ1v) is 7.68. The second-order valence-corrected chi connectivity index (χ2v) is 5.94. The van der Waals surface area contributed by atoms with Gasteiger partial charge in [-0.25, -0.2) is 0 Å². The molecular formula is C17H26N2O. The van der Waals surface area contributed by atoms with Gasteiger partial charge in [0.15, 0.2) is 0 Å². The van der Waals surface area contributed by atoms with Crippen LogP contribution < -0.4 is 0 Å². The van der Waals surface area contributed by atoms with Crippen molar-refractivity contribution in [3.63, 3.8) is 0 Å². The van der Waals surface area contributed by atoms with Crippen LogP contribution >= 0.6 is 0 Å². The number of hydrogen-bond acceptors (Lipinski definition) is 2. The monoisotopic (exact) mass is 274 g/mol. The Kier molecular flexibility index (Phi) is 5.18. The topological polar surface area (TPSA) is 23.6 Å². The van der Waals surface area contributed by atoms with Crippen LogP contribution in [0.3, 0.4) is 0 Å². The van der Waals surface area contributed by atoms with E-state index in [-0.39, 0.29) is 5.92 Å². The van der Waals surface area contributed by atoms with E-state index in [1.54, 1.807) is 0 Å². The zero-order chi connectivity index (χ0) is 14.5. The van der Waals surface area contributed by atoms with E-state index < -0.39 is 0 Å². The second-order valence-electron chi connectivity index (χ2n) is 5.94. The predicted octanol–water partition coefficient (Wildman–Crippen LogP) is 2.77. The number of benzene rings is 1. The molecule has 1 amide bonds. The highest BCUT2D eigenvalue weighted by molar-refractivity contribution is 5.78. The predicted molar refractivity (Wildman–Crippen MR) is 82.3 cm³/mol. The van der Waals surface area contributed by atoms with Crippen molar-refractivity contribution in [2.24, 2.45) is 5.92 Å². The first-order valence-electron chi connectivity index (χ1n) is 7.68. The van der Waals surface area contributed by atoms with Gasteiger partial charge in [0.05, 0.1) is 0 Å². The molecule has 0 spiro atoms. The van der Waals surface area contributed by atoms with Crippen molar-refractivity contribution in [1.29, 1.82) is 0 Å². The molecule has 3 nitrogen and oxygen atoms in total. The summed E-state index contributed by atoms with van der Waals surface area (Å²) in [6, 6.07) is 11.0. The summed E-state index contributed by atoms with van der Waals surface area (Å²) in [7, 11) is 0. The third kappa shape index (κ3) is 3.60. The Hall–Kier alpha value is -1.35. The molecule has 1 atom stereocenters. The summed E-state index contributed by atoms with van der Waals surface area (Å²) in [6.45, 7) is 9.96. The highest BCUT2D eigenvalue weighted by atomic mass is 16.2. The summed E-state index contributed by atoms with van der Waals surface area (Å²) in [5, 5.41) is 0. The molecule has 3 heteroatoms. The van der Waals surface area contributed by atoms with Gasteiger partial charge in [0.1, 0.15) is 0 Å². The molecule has 0 saturated carbocycles. The number of hydrogen-bond donors (Lipinski definition) is 0. The molecule has 2 rings (SSSR count). The van der Waals surface area contributed by atoms with Crippen LogP contribution in [0.15, 0.2) is 30.3 Å². The van der Waals surface area contributed by atoms with Crippen LogP contribution in [0, 0.1) is 5.92 Å². The molecule has 1 saturated heterocycles. The summed E-state index contributed by atoms with van der Waals surface area (Å²) < 4.78 is 0. The standard InChI is InChI=1S/C17H26N2O/c1-4-19(17(20)14(2)3)16-10-11-18(13-16)12-15-8-6-5-7-9-15/h5-9,14,16H,4,10-13H2,1-3H3. The Bertz CT molecular complexity index is 430. The molecule has 1 aromatic carbocycles. The maximum absolute atomic E-state index is 12.2. The van der Waals surface area contributed by atoms with Crippen LogP contribution in [0.1, 0.15) is 32.8 Å². The van der Waals surface area contributed by atoms with Gasteiger partial charge in [0.2, 0.25) is 5.91 Å². The lowest BCUT2D eigenvalue weighted by atomic mass is 10.1. The molecule has 0 radical (unpaired) electrons. The van der Waals surface area contributed by atoms with E-state index >= 15 is 0 Å². The Morgan fingerprint density at radius 2 is 2.05 bits per heavy atom. The maximum atomic E-state index is 12.2. The lowest BCUT2D eigenvalue weighted by molar-refractivity contribution is -0.136. The first kappa shape index (κ1) is 15.0. The molecular weight excluding hydrogens is 248 g/mol. The molecule has 20 heavy (non-hydrogen) atoms. The molecule has 1 aromatic rings. The van der Waals surface area contributed by atoms with Crippen molar-refractivity contribution in [1.82, 2.24) is 9.80 Å². The molecule has 0 bridgehead atoms. The quantitative estimate of drug-likeness (QED) is 0.824. The van der Waals surface area contributed by atoms with Crippen LogP contribution in [0.2, 0.25) is 0 Å². The molecule has 0 N–H and O–H groups in total. The Morgan fingerprint density at radius 1 is 1.35 bits per heavy atom. The van der Waals surface area contributed by atoms with Crippen molar-refractivity contribution in [2.45, 2.75) is 39.8 Å². The van der Waals surface area contributed by atoms with E-state index in [1.807, 2.05) is 13.8 Å². The van der Waals surface area contributed by atoms with Crippen molar-refractivity contribution in [2.75, 3.05) is 19.6 Å². The molecule has 1 aliphatic heterocycles. The number of likely N-dealkylation sites (tertiary alicyclic amines) is 1. The van der Waals surface area contributed by atoms with E-state index in [0.717, 1.165) is 32.6 Å². The van der Waals surface area contributed by atoms with Crippen LogP contribution in [-0.4, -0.2) is 41.4 Å². The highest BCUT2D eigenvalue weighted by Crippen LogP contribution is 2.19. The molecule has 1 aliphatic rings. The molecule has 110 valence electrons.